The minimum Gasteiger partial charge on any atom is -0.368 e. The highest BCUT2D eigenvalue weighted by atomic mass is 127. The van der Waals surface area contributed by atoms with E-state index in [-0.39, 0.29) is 0 Å². The van der Waals surface area contributed by atoms with E-state index in [0.717, 1.165) is 7.40 Å². The van der Waals surface area contributed by atoms with E-state index in [9.17, 15) is 4.79 Å². The molecule has 78 valence electrons. The number of hydrogen-bond donors (Lipinski definition) is 2. The number of hydrogen-bond acceptors (Lipinski definition) is 3. The SMILES string of the molecule is CC(N)(Cn1cnc(I)c1I)C(N)=O. The zero-order chi connectivity index (χ0) is 10.9. The van der Waals surface area contributed by atoms with E-state index < -0.39 is 11.4 Å². The summed E-state index contributed by atoms with van der Waals surface area (Å²) in [6.07, 6.45) is 1.65. The van der Waals surface area contributed by atoms with Crippen molar-refractivity contribution in [2.75, 3.05) is 0 Å². The van der Waals surface area contributed by atoms with Gasteiger partial charge in [-0.05, 0) is 52.1 Å². The summed E-state index contributed by atoms with van der Waals surface area (Å²) in [6.45, 7) is 1.95. The number of nitrogens with zero attached hydrogens (tertiary/aromatic N) is 2. The van der Waals surface area contributed by atoms with Gasteiger partial charge in [0.1, 0.15) is 12.9 Å². The van der Waals surface area contributed by atoms with E-state index in [0.29, 0.717) is 6.54 Å². The fourth-order valence-electron chi connectivity index (χ4n) is 0.885. The van der Waals surface area contributed by atoms with Gasteiger partial charge in [0.15, 0.2) is 0 Å². The first-order valence-corrected chi connectivity index (χ1v) is 5.95. The molecular weight excluding hydrogens is 410 g/mol. The molecule has 0 saturated carbocycles. The number of carbonyl (C=O) groups excluding carboxylic acids is 1. The summed E-state index contributed by atoms with van der Waals surface area (Å²) in [5, 5.41) is 0. The summed E-state index contributed by atoms with van der Waals surface area (Å²) in [4.78, 5) is 15.1. The number of amides is 1. The van der Waals surface area contributed by atoms with Crippen LogP contribution in [0.5, 0.6) is 0 Å². The molecule has 14 heavy (non-hydrogen) atoms. The lowest BCUT2D eigenvalue weighted by molar-refractivity contribution is -0.123. The van der Waals surface area contributed by atoms with Crippen molar-refractivity contribution in [2.24, 2.45) is 11.5 Å². The minimum absolute atomic E-state index is 0.344. The molecule has 0 bridgehead atoms. The second-order valence-corrected chi connectivity index (χ2v) is 5.28. The molecule has 0 saturated heterocycles. The fourth-order valence-corrected chi connectivity index (χ4v) is 1.75. The normalized spacial score (nSPS) is 15.1. The van der Waals surface area contributed by atoms with Crippen LogP contribution in [0.3, 0.4) is 0 Å². The minimum atomic E-state index is -1.04. The molecule has 0 aromatic carbocycles. The maximum atomic E-state index is 11.0. The summed E-state index contributed by atoms with van der Waals surface area (Å²) >= 11 is 4.27. The van der Waals surface area contributed by atoms with Crippen LogP contribution >= 0.6 is 45.2 Å². The molecule has 1 heterocycles. The van der Waals surface area contributed by atoms with Crippen molar-refractivity contribution in [3.8, 4) is 0 Å². The highest BCUT2D eigenvalue weighted by Crippen LogP contribution is 2.15. The summed E-state index contributed by atoms with van der Waals surface area (Å²) in [7, 11) is 0. The molecule has 1 amide bonds. The van der Waals surface area contributed by atoms with Crippen molar-refractivity contribution in [1.29, 1.82) is 0 Å². The molecule has 5 nitrogen and oxygen atoms in total. The first kappa shape index (κ1) is 12.2. The molecule has 1 rings (SSSR count). The van der Waals surface area contributed by atoms with Gasteiger partial charge in [0.05, 0.1) is 12.9 Å². The van der Waals surface area contributed by atoms with Crippen LogP contribution in [0.15, 0.2) is 6.33 Å². The van der Waals surface area contributed by atoms with Crippen LogP contribution in [0.4, 0.5) is 0 Å². The zero-order valence-electron chi connectivity index (χ0n) is 7.50. The predicted molar refractivity (Wildman–Crippen MR) is 69.4 cm³/mol. The zero-order valence-corrected chi connectivity index (χ0v) is 11.8. The Hall–Kier alpha value is 0.1000. The van der Waals surface area contributed by atoms with Gasteiger partial charge in [0.2, 0.25) is 5.91 Å². The average molecular weight is 420 g/mol. The van der Waals surface area contributed by atoms with Gasteiger partial charge in [0.25, 0.3) is 0 Å². The topological polar surface area (TPSA) is 86.9 Å². The Kier molecular flexibility index (Phi) is 3.75. The van der Waals surface area contributed by atoms with Gasteiger partial charge in [-0.25, -0.2) is 4.98 Å². The number of primary amides is 1. The van der Waals surface area contributed by atoms with Crippen molar-refractivity contribution >= 4 is 51.1 Å². The second-order valence-electron chi connectivity index (χ2n) is 3.24. The van der Waals surface area contributed by atoms with Crippen LogP contribution < -0.4 is 11.5 Å². The number of rotatable bonds is 3. The quantitative estimate of drug-likeness (QED) is 0.690. The van der Waals surface area contributed by atoms with Crippen LogP contribution in [0.25, 0.3) is 0 Å². The van der Waals surface area contributed by atoms with Gasteiger partial charge in [-0.15, -0.1) is 0 Å². The maximum absolute atomic E-state index is 11.0. The summed E-state index contributed by atoms with van der Waals surface area (Å²) in [5.41, 5.74) is 9.88. The lowest BCUT2D eigenvalue weighted by atomic mass is 10.0. The highest BCUT2D eigenvalue weighted by Gasteiger charge is 2.27. The fraction of sp³-hybridized carbons (Fsp3) is 0.429. The molecule has 1 aromatic rings. The van der Waals surface area contributed by atoms with Crippen LogP contribution in [0.1, 0.15) is 6.92 Å². The van der Waals surface area contributed by atoms with Crippen LogP contribution in [0.2, 0.25) is 0 Å². The van der Waals surface area contributed by atoms with E-state index >= 15 is 0 Å². The monoisotopic (exact) mass is 420 g/mol. The van der Waals surface area contributed by atoms with Crippen molar-refractivity contribution in [3.63, 3.8) is 0 Å². The molecule has 0 spiro atoms. The van der Waals surface area contributed by atoms with Gasteiger partial charge >= 0.3 is 0 Å². The van der Waals surface area contributed by atoms with Crippen LogP contribution in [-0.2, 0) is 11.3 Å². The highest BCUT2D eigenvalue weighted by molar-refractivity contribution is 14.1. The molecule has 0 aliphatic rings. The molecule has 1 aromatic heterocycles. The Morgan fingerprint density at radius 1 is 1.71 bits per heavy atom. The van der Waals surface area contributed by atoms with Crippen molar-refractivity contribution in [3.05, 3.63) is 13.7 Å². The smallest absolute Gasteiger partial charge is 0.239 e. The van der Waals surface area contributed by atoms with Gasteiger partial charge in [-0.3, -0.25) is 4.79 Å². The van der Waals surface area contributed by atoms with Crippen molar-refractivity contribution in [2.45, 2.75) is 19.0 Å². The van der Waals surface area contributed by atoms with Crippen molar-refractivity contribution in [1.82, 2.24) is 9.55 Å². The number of imidazole rings is 1. The second kappa shape index (κ2) is 4.31. The third kappa shape index (κ3) is 2.57. The summed E-state index contributed by atoms with van der Waals surface area (Å²) < 4.78 is 3.66. The van der Waals surface area contributed by atoms with Gasteiger partial charge in [0, 0.05) is 0 Å². The van der Waals surface area contributed by atoms with Crippen LogP contribution in [0, 0.1) is 7.40 Å². The molecule has 1 unspecified atom stereocenters. The number of carbonyl (C=O) groups is 1. The van der Waals surface area contributed by atoms with Gasteiger partial charge < -0.3 is 16.0 Å². The Bertz CT molecular complexity index is 361. The van der Waals surface area contributed by atoms with E-state index in [2.05, 4.69) is 50.2 Å². The van der Waals surface area contributed by atoms with E-state index in [1.165, 1.54) is 0 Å². The largest absolute Gasteiger partial charge is 0.368 e. The molecule has 7 heteroatoms. The Balaban J connectivity index is 2.89. The van der Waals surface area contributed by atoms with Gasteiger partial charge in [-0.2, -0.15) is 0 Å². The number of halogens is 2. The molecule has 0 aliphatic carbocycles. The lowest BCUT2D eigenvalue weighted by Gasteiger charge is -2.21. The molecule has 4 N–H and O–H groups in total. The summed E-state index contributed by atoms with van der Waals surface area (Å²) in [5.74, 6) is -0.517. The molecule has 0 aliphatic heterocycles. The van der Waals surface area contributed by atoms with E-state index in [1.54, 1.807) is 13.3 Å². The first-order valence-electron chi connectivity index (χ1n) is 3.79. The standard InChI is InChI=1S/C7H10I2N4O/c1-7(11,6(10)14)2-13-3-12-4(8)5(13)9/h3H,2,11H2,1H3,(H2,10,14). The third-order valence-electron chi connectivity index (χ3n) is 1.79. The Morgan fingerprint density at radius 2 is 2.29 bits per heavy atom. The molecule has 1 atom stereocenters. The average Bonchev–Trinajstić information content (AvgIpc) is 2.35. The molecule has 0 radical (unpaired) electrons. The molecular formula is C7H10I2N4O. The van der Waals surface area contributed by atoms with Gasteiger partial charge in [-0.1, -0.05) is 0 Å². The first-order chi connectivity index (χ1) is 6.34. The lowest BCUT2D eigenvalue weighted by Crippen LogP contribution is -2.52. The summed E-state index contributed by atoms with van der Waals surface area (Å²) in [6, 6.07) is 0. The Morgan fingerprint density at radius 3 is 2.64 bits per heavy atom. The third-order valence-corrected chi connectivity index (χ3v) is 4.75. The van der Waals surface area contributed by atoms with E-state index in [1.807, 2.05) is 4.57 Å². The van der Waals surface area contributed by atoms with Crippen LogP contribution in [-0.4, -0.2) is 21.0 Å². The molecule has 0 fully saturated rings. The van der Waals surface area contributed by atoms with Crippen molar-refractivity contribution < 1.29 is 4.79 Å². The maximum Gasteiger partial charge on any atom is 0.239 e. The number of aromatic nitrogens is 2. The predicted octanol–water partition coefficient (Wildman–Crippen LogP) is 0.295. The number of nitrogens with two attached hydrogens (primary N) is 2. The Labute approximate surface area is 109 Å². The van der Waals surface area contributed by atoms with E-state index in [4.69, 9.17) is 11.5 Å².